The molecule has 1 aromatic rings. The zero-order valence-electron chi connectivity index (χ0n) is 13.2. The van der Waals surface area contributed by atoms with E-state index in [1.165, 1.54) is 0 Å². The van der Waals surface area contributed by atoms with E-state index in [0.717, 1.165) is 10.8 Å². The van der Waals surface area contributed by atoms with Crippen molar-refractivity contribution in [1.29, 1.82) is 0 Å². The van der Waals surface area contributed by atoms with Gasteiger partial charge in [-0.15, -0.1) is 6.42 Å². The highest BCUT2D eigenvalue weighted by Crippen LogP contribution is 2.31. The van der Waals surface area contributed by atoms with Gasteiger partial charge in [-0.3, -0.25) is 19.1 Å². The van der Waals surface area contributed by atoms with Crippen LogP contribution in [-0.4, -0.2) is 62.2 Å². The second-order valence-electron chi connectivity index (χ2n) is 5.53. The van der Waals surface area contributed by atoms with Crippen LogP contribution in [0, 0.1) is 12.3 Å². The molecule has 0 bridgehead atoms. The molecule has 1 amide bonds. The lowest BCUT2D eigenvalue weighted by Crippen LogP contribution is -2.36. The van der Waals surface area contributed by atoms with Gasteiger partial charge in [-0.2, -0.15) is 0 Å². The Morgan fingerprint density at radius 2 is 2.12 bits per heavy atom. The predicted octanol–water partition coefficient (Wildman–Crippen LogP) is -3.17. The van der Waals surface area contributed by atoms with Gasteiger partial charge in [0.25, 0.3) is 5.56 Å². The number of nitrogens with one attached hydrogen (secondary N) is 2. The van der Waals surface area contributed by atoms with E-state index < -0.39 is 42.3 Å². The van der Waals surface area contributed by atoms with Crippen LogP contribution in [0.5, 0.6) is 0 Å². The maximum atomic E-state index is 12.0. The number of ether oxygens (including phenoxy) is 1. The highest BCUT2D eigenvalue weighted by Gasteiger charge is 2.44. The molecule has 5 N–H and O–H groups in total. The van der Waals surface area contributed by atoms with Crippen LogP contribution in [0.15, 0.2) is 15.8 Å². The number of H-pyrrole nitrogens is 1. The average Bonchev–Trinajstić information content (AvgIpc) is 2.87. The Hall–Kier alpha value is -2.45. The fraction of sp³-hybridized carbons (Fsp3) is 0.533. The monoisotopic (exact) mass is 353 g/mol. The molecule has 1 aliphatic heterocycles. The number of carbonyl (C=O) groups is 1. The Morgan fingerprint density at radius 1 is 1.40 bits per heavy atom. The molecule has 2 rings (SSSR count). The summed E-state index contributed by atoms with van der Waals surface area (Å²) in [5.41, 5.74) is -1.61. The Kier molecular flexibility index (Phi) is 6.11. The van der Waals surface area contributed by atoms with Crippen molar-refractivity contribution in [2.75, 3.05) is 13.2 Å². The van der Waals surface area contributed by atoms with Gasteiger partial charge >= 0.3 is 5.69 Å². The highest BCUT2D eigenvalue weighted by atomic mass is 16.6. The van der Waals surface area contributed by atoms with E-state index >= 15 is 0 Å². The number of aliphatic hydroxyl groups excluding tert-OH is 3. The summed E-state index contributed by atoms with van der Waals surface area (Å²) >= 11 is 0. The molecule has 1 aromatic heterocycles. The molecule has 0 aliphatic carbocycles. The number of hydrogen-bond acceptors (Lipinski definition) is 7. The molecule has 1 aliphatic rings. The van der Waals surface area contributed by atoms with E-state index in [0.29, 0.717) is 0 Å². The summed E-state index contributed by atoms with van der Waals surface area (Å²) in [6.45, 7) is -0.511. The number of hydrogen-bond donors (Lipinski definition) is 5. The quantitative estimate of drug-likeness (QED) is 0.338. The van der Waals surface area contributed by atoms with Gasteiger partial charge in [-0.1, -0.05) is 5.92 Å². The fourth-order valence-electron chi connectivity index (χ4n) is 2.51. The molecule has 0 aromatic carbocycles. The number of aliphatic hydroxyl groups is 3. The second kappa shape index (κ2) is 8.09. The first-order valence-corrected chi connectivity index (χ1v) is 7.55. The fourth-order valence-corrected chi connectivity index (χ4v) is 2.51. The van der Waals surface area contributed by atoms with E-state index in [-0.39, 0.29) is 31.0 Å². The summed E-state index contributed by atoms with van der Waals surface area (Å²) < 4.78 is 6.37. The van der Waals surface area contributed by atoms with Crippen molar-refractivity contribution in [3.05, 3.63) is 32.6 Å². The first kappa shape index (κ1) is 18.9. The van der Waals surface area contributed by atoms with Crippen molar-refractivity contribution in [2.24, 2.45) is 0 Å². The molecule has 2 heterocycles. The molecule has 0 radical (unpaired) electrons. The first-order chi connectivity index (χ1) is 11.9. The Balaban J connectivity index is 2.21. The lowest BCUT2D eigenvalue weighted by Gasteiger charge is -2.15. The third-order valence-electron chi connectivity index (χ3n) is 3.85. The van der Waals surface area contributed by atoms with Crippen LogP contribution in [0.2, 0.25) is 0 Å². The van der Waals surface area contributed by atoms with Crippen molar-refractivity contribution >= 4 is 5.91 Å². The molecule has 10 heteroatoms. The molecule has 10 nitrogen and oxygen atoms in total. The van der Waals surface area contributed by atoms with Crippen LogP contribution in [0.25, 0.3) is 0 Å². The smallest absolute Gasteiger partial charge is 0.328 e. The standard InChI is InChI=1S/C15H19N3O7/c1-2-4-16-10(20)3-5-18-6-8(14(23)17-15(18)24)13-12(22)11(21)9(7-19)25-13/h1,6,9,11-13,19,21-22H,3-5,7H2,(H,16,20)(H,17,23,24)/t9-,11?,12+,13+/m1/s1. The number of aromatic nitrogens is 2. The van der Waals surface area contributed by atoms with Crippen LogP contribution < -0.4 is 16.6 Å². The summed E-state index contributed by atoms with van der Waals surface area (Å²) in [7, 11) is 0. The first-order valence-electron chi connectivity index (χ1n) is 7.55. The maximum absolute atomic E-state index is 12.0. The van der Waals surface area contributed by atoms with Gasteiger partial charge in [0.1, 0.15) is 24.4 Å². The van der Waals surface area contributed by atoms with Gasteiger partial charge in [0.05, 0.1) is 18.7 Å². The molecule has 0 saturated carbocycles. The van der Waals surface area contributed by atoms with Crippen LogP contribution in [0.1, 0.15) is 18.1 Å². The number of amides is 1. The Bertz CT molecular complexity index is 779. The van der Waals surface area contributed by atoms with Crippen LogP contribution in [-0.2, 0) is 16.1 Å². The van der Waals surface area contributed by atoms with Crippen molar-refractivity contribution in [1.82, 2.24) is 14.9 Å². The molecule has 4 atom stereocenters. The number of carbonyl (C=O) groups excluding carboxylic acids is 1. The van der Waals surface area contributed by atoms with E-state index in [1.54, 1.807) is 0 Å². The number of aryl methyl sites for hydroxylation is 1. The zero-order valence-corrected chi connectivity index (χ0v) is 13.2. The SMILES string of the molecule is C#CCNC(=O)CCn1cc([C@@H]2O[C@H](CO)C(O)[C@@H]2O)c(=O)[nH]c1=O. The van der Waals surface area contributed by atoms with Crippen LogP contribution in [0.3, 0.4) is 0 Å². The van der Waals surface area contributed by atoms with E-state index in [9.17, 15) is 24.6 Å². The molecule has 0 spiro atoms. The lowest BCUT2D eigenvalue weighted by atomic mass is 10.0. The second-order valence-corrected chi connectivity index (χ2v) is 5.53. The summed E-state index contributed by atoms with van der Waals surface area (Å²) in [4.78, 5) is 37.5. The maximum Gasteiger partial charge on any atom is 0.328 e. The average molecular weight is 353 g/mol. The summed E-state index contributed by atoms with van der Waals surface area (Å²) in [6, 6.07) is 0. The van der Waals surface area contributed by atoms with Crippen molar-refractivity contribution < 1.29 is 24.9 Å². The van der Waals surface area contributed by atoms with Gasteiger partial charge in [-0.05, 0) is 0 Å². The molecule has 25 heavy (non-hydrogen) atoms. The van der Waals surface area contributed by atoms with Gasteiger partial charge in [-0.25, -0.2) is 4.79 Å². The minimum atomic E-state index is -1.44. The largest absolute Gasteiger partial charge is 0.394 e. The normalized spacial score (nSPS) is 25.5. The van der Waals surface area contributed by atoms with E-state index in [4.69, 9.17) is 16.3 Å². The topological polar surface area (TPSA) is 154 Å². The molecular weight excluding hydrogens is 334 g/mol. The molecule has 1 saturated heterocycles. The number of terminal acetylenes is 1. The Morgan fingerprint density at radius 3 is 2.72 bits per heavy atom. The number of aromatic amines is 1. The molecule has 1 fully saturated rings. The third kappa shape index (κ3) is 4.15. The minimum absolute atomic E-state index is 0.0339. The Labute approximate surface area is 142 Å². The van der Waals surface area contributed by atoms with Gasteiger partial charge in [0.15, 0.2) is 0 Å². The summed E-state index contributed by atoms with van der Waals surface area (Å²) in [5, 5.41) is 31.3. The zero-order chi connectivity index (χ0) is 18.6. The van der Waals surface area contributed by atoms with Crippen molar-refractivity contribution in [3.63, 3.8) is 0 Å². The van der Waals surface area contributed by atoms with E-state index in [2.05, 4.69) is 16.2 Å². The van der Waals surface area contributed by atoms with Gasteiger partial charge in [0.2, 0.25) is 5.91 Å². The highest BCUT2D eigenvalue weighted by molar-refractivity contribution is 5.76. The van der Waals surface area contributed by atoms with Crippen LogP contribution >= 0.6 is 0 Å². The van der Waals surface area contributed by atoms with Crippen LogP contribution in [0.4, 0.5) is 0 Å². The summed E-state index contributed by atoms with van der Waals surface area (Å²) in [5.74, 6) is 1.87. The van der Waals surface area contributed by atoms with Crippen molar-refractivity contribution in [2.45, 2.75) is 37.4 Å². The molecule has 136 valence electrons. The summed E-state index contributed by atoms with van der Waals surface area (Å²) in [6.07, 6.45) is 1.07. The number of nitrogens with zero attached hydrogens (tertiary/aromatic N) is 1. The van der Waals surface area contributed by atoms with Gasteiger partial charge in [0, 0.05) is 19.2 Å². The van der Waals surface area contributed by atoms with E-state index in [1.807, 2.05) is 0 Å². The minimum Gasteiger partial charge on any atom is -0.394 e. The van der Waals surface area contributed by atoms with Gasteiger partial charge < -0.3 is 25.4 Å². The predicted molar refractivity (Wildman–Crippen MR) is 84.5 cm³/mol. The molecule has 1 unspecified atom stereocenters. The van der Waals surface area contributed by atoms with Crippen molar-refractivity contribution in [3.8, 4) is 12.3 Å². The lowest BCUT2D eigenvalue weighted by molar-refractivity contribution is -0.121. The third-order valence-corrected chi connectivity index (χ3v) is 3.85. The molecular formula is C15H19N3O7. The number of rotatable bonds is 6.